The molecule has 1 saturated heterocycles. The molecule has 4 atom stereocenters. The Morgan fingerprint density at radius 2 is 1.54 bits per heavy atom. The summed E-state index contributed by atoms with van der Waals surface area (Å²) in [4.78, 5) is 15.3. The highest BCUT2D eigenvalue weighted by molar-refractivity contribution is 5.76. The van der Waals surface area contributed by atoms with Gasteiger partial charge in [-0.25, -0.2) is 4.79 Å². The average Bonchev–Trinajstić information content (AvgIpc) is 3.16. The predicted molar refractivity (Wildman–Crippen MR) is 207 cm³/mol. The van der Waals surface area contributed by atoms with Gasteiger partial charge in [0.15, 0.2) is 6.29 Å². The zero-order valence-corrected chi connectivity index (χ0v) is 31.1. The molecule has 284 valence electrons. The Labute approximate surface area is 318 Å². The van der Waals surface area contributed by atoms with Crippen LogP contribution < -0.4 is 10.6 Å². The molecular weight excluding hydrogens is 679 g/mol. The molecule has 9 rings (SSSR count). The highest BCUT2D eigenvalue weighted by Gasteiger charge is 2.51. The van der Waals surface area contributed by atoms with E-state index in [1.54, 1.807) is 18.2 Å². The molecule has 5 fully saturated rings. The maximum absolute atomic E-state index is 13.3. The van der Waals surface area contributed by atoms with E-state index < -0.39 is 12.4 Å². The van der Waals surface area contributed by atoms with E-state index in [0.717, 1.165) is 70.4 Å². The number of aromatic hydroxyl groups is 1. The minimum Gasteiger partial charge on any atom is -0.508 e. The number of hydrogen-bond acceptors (Lipinski definition) is 7. The second-order valence-corrected chi connectivity index (χ2v) is 16.5. The van der Waals surface area contributed by atoms with Gasteiger partial charge in [-0.15, -0.1) is 0 Å². The number of amides is 2. The molecule has 5 N–H and O–H groups in total. The van der Waals surface area contributed by atoms with Crippen LogP contribution in [0.5, 0.6) is 5.75 Å². The number of urea groups is 1. The summed E-state index contributed by atoms with van der Waals surface area (Å²) < 4.78 is 13.2. The molecule has 0 aromatic heterocycles. The number of phenols is 1. The Morgan fingerprint density at radius 3 is 2.22 bits per heavy atom. The number of aliphatic hydroxyl groups is 2. The lowest BCUT2D eigenvalue weighted by molar-refractivity contribution is -0.252. The number of benzene rings is 4. The second-order valence-electron chi connectivity index (χ2n) is 16.5. The first-order valence-electron chi connectivity index (χ1n) is 19.6. The van der Waals surface area contributed by atoms with Gasteiger partial charge in [-0.1, -0.05) is 84.9 Å². The number of phenolic OH excluding ortho intramolecular Hbond substituents is 1. The van der Waals surface area contributed by atoms with Gasteiger partial charge in [0.2, 0.25) is 0 Å². The standard InChI is InChI=1S/C45H53N3O6/c1-48(27-41(51)36-6-4-7-38(50)20-36)26-39-21-42(34-11-9-29(28-49)10-12-34)54-43(53-39)35-15-13-33(14-16-35)40-8-3-2-5-37(40)25-46-44(52)47-45-22-30-17-31(23-45)19-32(18-30)24-45/h2-16,20,30-32,39,41-43,49-51H,17-19,21-28H2,1H3,(H2,46,47,52)/t30?,31?,32?,39-,41-,42+,43+,45?/m1/s1. The van der Waals surface area contributed by atoms with Crippen molar-refractivity contribution in [2.24, 2.45) is 17.8 Å². The highest BCUT2D eigenvalue weighted by Crippen LogP contribution is 2.55. The van der Waals surface area contributed by atoms with Gasteiger partial charge in [-0.2, -0.15) is 0 Å². The molecule has 54 heavy (non-hydrogen) atoms. The molecule has 1 heterocycles. The second kappa shape index (κ2) is 15.8. The topological polar surface area (TPSA) is 124 Å². The fraction of sp³-hybridized carbons (Fsp3) is 0.444. The van der Waals surface area contributed by atoms with E-state index in [2.05, 4.69) is 34.9 Å². The summed E-state index contributed by atoms with van der Waals surface area (Å²) in [5.74, 6) is 2.45. The molecule has 1 aliphatic heterocycles. The van der Waals surface area contributed by atoms with E-state index in [-0.39, 0.29) is 36.1 Å². The van der Waals surface area contributed by atoms with E-state index in [1.807, 2.05) is 66.5 Å². The highest BCUT2D eigenvalue weighted by atomic mass is 16.7. The third kappa shape index (κ3) is 8.36. The van der Waals surface area contributed by atoms with Crippen LogP contribution in [0.2, 0.25) is 0 Å². The summed E-state index contributed by atoms with van der Waals surface area (Å²) in [6.45, 7) is 1.36. The number of rotatable bonds is 12. The van der Waals surface area contributed by atoms with Crippen LogP contribution in [0.15, 0.2) is 97.1 Å². The zero-order chi connectivity index (χ0) is 37.2. The Bertz CT molecular complexity index is 1860. The number of carbonyl (C=O) groups excluding carboxylic acids is 1. The van der Waals surface area contributed by atoms with Gasteiger partial charge in [0.25, 0.3) is 0 Å². The maximum atomic E-state index is 13.3. The summed E-state index contributed by atoms with van der Waals surface area (Å²) in [6, 6.07) is 31.0. The van der Waals surface area contributed by atoms with E-state index in [4.69, 9.17) is 9.47 Å². The molecule has 2 amide bonds. The summed E-state index contributed by atoms with van der Waals surface area (Å²) in [7, 11) is 1.96. The van der Waals surface area contributed by atoms with Crippen molar-refractivity contribution >= 4 is 6.03 Å². The number of ether oxygens (including phenoxy) is 2. The first-order chi connectivity index (χ1) is 26.2. The first-order valence-corrected chi connectivity index (χ1v) is 19.6. The molecule has 0 spiro atoms. The Hall–Kier alpha value is -4.25. The van der Waals surface area contributed by atoms with Gasteiger partial charge in [-0.05, 0) is 109 Å². The lowest BCUT2D eigenvalue weighted by Gasteiger charge is -2.56. The van der Waals surface area contributed by atoms with Crippen LogP contribution in [0.3, 0.4) is 0 Å². The molecule has 0 radical (unpaired) electrons. The lowest BCUT2D eigenvalue weighted by atomic mass is 9.53. The summed E-state index contributed by atoms with van der Waals surface area (Å²) in [6.07, 6.45) is 6.24. The van der Waals surface area contributed by atoms with Crippen molar-refractivity contribution in [1.29, 1.82) is 0 Å². The number of hydrogen-bond donors (Lipinski definition) is 5. The van der Waals surface area contributed by atoms with E-state index >= 15 is 0 Å². The maximum Gasteiger partial charge on any atom is 0.315 e. The van der Waals surface area contributed by atoms with Crippen LogP contribution in [0.1, 0.15) is 91.3 Å². The van der Waals surface area contributed by atoms with Gasteiger partial charge < -0.3 is 40.3 Å². The largest absolute Gasteiger partial charge is 0.508 e. The molecule has 4 bridgehead atoms. The summed E-state index contributed by atoms with van der Waals surface area (Å²) in [5, 5.41) is 37.0. The van der Waals surface area contributed by atoms with Gasteiger partial charge >= 0.3 is 6.03 Å². The lowest BCUT2D eigenvalue weighted by Crippen LogP contribution is -2.61. The minimum absolute atomic E-state index is 0.0208. The van der Waals surface area contributed by atoms with Crippen molar-refractivity contribution in [3.63, 3.8) is 0 Å². The van der Waals surface area contributed by atoms with Crippen molar-refractivity contribution < 1.29 is 29.6 Å². The van der Waals surface area contributed by atoms with Crippen LogP contribution in [0.25, 0.3) is 11.1 Å². The normalized spacial score (nSPS) is 27.9. The van der Waals surface area contributed by atoms with Crippen LogP contribution in [0, 0.1) is 17.8 Å². The third-order valence-corrected chi connectivity index (χ3v) is 12.2. The van der Waals surface area contributed by atoms with Crippen LogP contribution in [0.4, 0.5) is 4.79 Å². The average molecular weight is 732 g/mol. The SMILES string of the molecule is CN(C[C@H]1C[C@@H](c2ccc(CO)cc2)O[C@@H](c2ccc(-c3ccccc3CNC(=O)NC34CC5CC(CC(C5)C3)C4)cc2)O1)C[C@@H](O)c1cccc(O)c1. The number of likely N-dealkylation sites (N-methyl/N-ethyl adjacent to an activating group) is 1. The van der Waals surface area contributed by atoms with E-state index in [9.17, 15) is 20.1 Å². The Morgan fingerprint density at radius 1 is 0.852 bits per heavy atom. The van der Waals surface area contributed by atoms with Crippen molar-refractivity contribution in [3.8, 4) is 16.9 Å². The Kier molecular flexibility index (Phi) is 10.8. The van der Waals surface area contributed by atoms with Crippen LogP contribution in [-0.2, 0) is 22.6 Å². The molecule has 4 aromatic rings. The number of aliphatic hydroxyl groups excluding tert-OH is 2. The molecule has 4 aliphatic carbocycles. The summed E-state index contributed by atoms with van der Waals surface area (Å²) in [5.41, 5.74) is 6.55. The van der Waals surface area contributed by atoms with Gasteiger partial charge in [0.05, 0.1) is 24.9 Å². The molecule has 9 nitrogen and oxygen atoms in total. The smallest absolute Gasteiger partial charge is 0.315 e. The zero-order valence-electron chi connectivity index (χ0n) is 31.1. The third-order valence-electron chi connectivity index (χ3n) is 12.2. The monoisotopic (exact) mass is 731 g/mol. The van der Waals surface area contributed by atoms with Gasteiger partial charge in [-0.3, -0.25) is 0 Å². The van der Waals surface area contributed by atoms with Gasteiger partial charge in [0.1, 0.15) is 5.75 Å². The van der Waals surface area contributed by atoms with Gasteiger partial charge in [0, 0.05) is 37.2 Å². The molecular formula is C45H53N3O6. The molecule has 0 unspecified atom stereocenters. The molecule has 5 aliphatic rings. The van der Waals surface area contributed by atoms with Crippen molar-refractivity contribution in [1.82, 2.24) is 15.5 Å². The number of nitrogens with one attached hydrogen (secondary N) is 2. The quantitative estimate of drug-likeness (QED) is 0.102. The van der Waals surface area contributed by atoms with Crippen molar-refractivity contribution in [2.75, 3.05) is 20.1 Å². The van der Waals surface area contributed by atoms with E-state index in [1.165, 1.54) is 19.3 Å². The van der Waals surface area contributed by atoms with Crippen LogP contribution in [-0.4, -0.2) is 58.0 Å². The number of nitrogens with zero attached hydrogens (tertiary/aromatic N) is 1. The molecule has 9 heteroatoms. The molecule has 4 aromatic carbocycles. The predicted octanol–water partition coefficient (Wildman–Crippen LogP) is 7.53. The first kappa shape index (κ1) is 36.7. The fourth-order valence-corrected chi connectivity index (χ4v) is 10.1. The Balaban J connectivity index is 0.941. The minimum atomic E-state index is -0.763. The van der Waals surface area contributed by atoms with Crippen LogP contribution >= 0.6 is 0 Å². The van der Waals surface area contributed by atoms with Crippen molar-refractivity contribution in [2.45, 2.75) is 88.2 Å². The molecule has 4 saturated carbocycles. The van der Waals surface area contributed by atoms with E-state index in [0.29, 0.717) is 31.6 Å². The number of carbonyl (C=O) groups is 1. The van der Waals surface area contributed by atoms with Crippen molar-refractivity contribution in [3.05, 3.63) is 125 Å². The summed E-state index contributed by atoms with van der Waals surface area (Å²) >= 11 is 0. The fourth-order valence-electron chi connectivity index (χ4n) is 10.1.